The van der Waals surface area contributed by atoms with E-state index in [1.165, 1.54) is 19.1 Å². The number of nitrogens with zero attached hydrogens (tertiary/aromatic N) is 5. The molecule has 2 aliphatic rings. The number of aryl methyl sites for hydroxylation is 3. The first kappa shape index (κ1) is 29.8. The Morgan fingerprint density at radius 2 is 1.80 bits per heavy atom. The van der Waals surface area contributed by atoms with Crippen LogP contribution in [-0.4, -0.2) is 63.6 Å². The van der Waals surface area contributed by atoms with Crippen LogP contribution in [0.2, 0.25) is 0 Å². The molecule has 4 heterocycles. The third-order valence-electron chi connectivity index (χ3n) is 8.45. The molecule has 2 aromatic carbocycles. The fraction of sp³-hybridized carbons (Fsp3) is 0.303. The van der Waals surface area contributed by atoms with Gasteiger partial charge in [-0.3, -0.25) is 14.4 Å². The minimum Gasteiger partial charge on any atom is -0.368 e. The minimum atomic E-state index is -0.747. The Labute approximate surface area is 260 Å². The molecule has 4 N–H and O–H groups in total. The second kappa shape index (κ2) is 12.0. The third kappa shape index (κ3) is 5.70. The zero-order chi connectivity index (χ0) is 31.8. The maximum Gasteiger partial charge on any atom is 0.257 e. The Bertz CT molecular complexity index is 1830. The van der Waals surface area contributed by atoms with Crippen molar-refractivity contribution < 1.29 is 18.8 Å². The summed E-state index contributed by atoms with van der Waals surface area (Å²) >= 11 is 0. The number of nitrogens with one attached hydrogen (secondary N) is 2. The number of amides is 3. The zero-order valence-electron chi connectivity index (χ0n) is 25.5. The van der Waals surface area contributed by atoms with Crippen LogP contribution < -0.4 is 21.3 Å². The Balaban J connectivity index is 1.27. The number of fused-ring (bicyclic) bond motifs is 2. The number of primary amides is 1. The van der Waals surface area contributed by atoms with Crippen LogP contribution in [0.15, 0.2) is 48.5 Å². The summed E-state index contributed by atoms with van der Waals surface area (Å²) in [7, 11) is 0. The summed E-state index contributed by atoms with van der Waals surface area (Å²) in [6.45, 7) is 8.52. The molecule has 12 heteroatoms. The first-order valence-electron chi connectivity index (χ1n) is 15.0. The van der Waals surface area contributed by atoms with E-state index in [0.717, 1.165) is 35.7 Å². The van der Waals surface area contributed by atoms with E-state index in [9.17, 15) is 14.4 Å². The average Bonchev–Trinajstić information content (AvgIpc) is 3.29. The molecule has 3 amide bonds. The highest BCUT2D eigenvalue weighted by Crippen LogP contribution is 2.37. The van der Waals surface area contributed by atoms with Crippen molar-refractivity contribution in [2.75, 3.05) is 41.7 Å². The van der Waals surface area contributed by atoms with Crippen molar-refractivity contribution in [3.05, 3.63) is 82.3 Å². The number of nitrogens with two attached hydrogens (primary N) is 1. The summed E-state index contributed by atoms with van der Waals surface area (Å²) in [6.07, 6.45) is 1.12. The second-order valence-corrected chi connectivity index (χ2v) is 11.3. The molecule has 0 unspecified atom stereocenters. The van der Waals surface area contributed by atoms with Gasteiger partial charge in [0.1, 0.15) is 28.7 Å². The average molecular weight is 611 g/mol. The summed E-state index contributed by atoms with van der Waals surface area (Å²) in [4.78, 5) is 46.3. The summed E-state index contributed by atoms with van der Waals surface area (Å²) < 4.78 is 17.5. The van der Waals surface area contributed by atoms with Gasteiger partial charge in [-0.05, 0) is 73.9 Å². The van der Waals surface area contributed by atoms with Gasteiger partial charge in [0.2, 0.25) is 5.91 Å². The second-order valence-electron chi connectivity index (χ2n) is 11.3. The molecule has 1 fully saturated rings. The van der Waals surface area contributed by atoms with E-state index in [1.54, 1.807) is 16.8 Å². The van der Waals surface area contributed by atoms with Crippen LogP contribution in [0.1, 0.15) is 50.9 Å². The van der Waals surface area contributed by atoms with Gasteiger partial charge in [0.15, 0.2) is 0 Å². The smallest absolute Gasteiger partial charge is 0.257 e. The zero-order valence-corrected chi connectivity index (χ0v) is 25.5. The van der Waals surface area contributed by atoms with Crippen LogP contribution in [0.5, 0.6) is 0 Å². The van der Waals surface area contributed by atoms with E-state index in [-0.39, 0.29) is 33.9 Å². The number of hydrogen-bond donors (Lipinski definition) is 3. The molecule has 232 valence electrons. The molecule has 0 spiro atoms. The molecule has 0 radical (unpaired) electrons. The molecule has 45 heavy (non-hydrogen) atoms. The van der Waals surface area contributed by atoms with Crippen molar-refractivity contribution in [1.29, 1.82) is 0 Å². The number of anilines is 4. The van der Waals surface area contributed by atoms with Gasteiger partial charge in [0, 0.05) is 67.3 Å². The number of piperazine rings is 1. The summed E-state index contributed by atoms with van der Waals surface area (Å²) in [5, 5.41) is 10.7. The minimum absolute atomic E-state index is 0.0723. The topological polar surface area (TPSA) is 138 Å². The molecule has 4 aromatic rings. The maximum atomic E-state index is 15.9. The molecular formula is C33H35FN8O3. The van der Waals surface area contributed by atoms with Gasteiger partial charge in [-0.25, -0.2) is 14.1 Å². The van der Waals surface area contributed by atoms with Gasteiger partial charge in [0.05, 0.1) is 0 Å². The molecule has 1 saturated heterocycles. The van der Waals surface area contributed by atoms with Crippen molar-refractivity contribution in [1.82, 2.24) is 19.7 Å². The number of rotatable bonds is 6. The van der Waals surface area contributed by atoms with Crippen molar-refractivity contribution >= 4 is 40.7 Å². The van der Waals surface area contributed by atoms with Crippen LogP contribution in [0, 0.1) is 19.7 Å². The number of benzene rings is 2. The lowest BCUT2D eigenvalue weighted by molar-refractivity contribution is -0.131. The van der Waals surface area contributed by atoms with Gasteiger partial charge in [-0.1, -0.05) is 13.0 Å². The summed E-state index contributed by atoms with van der Waals surface area (Å²) in [6, 6.07) is 14.3. The van der Waals surface area contributed by atoms with Crippen LogP contribution in [0.3, 0.4) is 0 Å². The number of carbonyl (C=O) groups excluding carboxylic acids is 3. The molecule has 0 aliphatic carbocycles. The summed E-state index contributed by atoms with van der Waals surface area (Å²) in [5.41, 5.74) is 10.0. The molecule has 2 aromatic heterocycles. The lowest BCUT2D eigenvalue weighted by atomic mass is 9.99. The van der Waals surface area contributed by atoms with Crippen LogP contribution in [0.25, 0.3) is 11.3 Å². The maximum absolute atomic E-state index is 15.9. The third-order valence-corrected chi connectivity index (χ3v) is 8.45. The van der Waals surface area contributed by atoms with E-state index >= 15 is 4.39 Å². The quantitative estimate of drug-likeness (QED) is 0.294. The highest BCUT2D eigenvalue weighted by Gasteiger charge is 2.29. The number of carbonyl (C=O) groups is 3. The molecule has 6 rings (SSSR count). The Kier molecular flexibility index (Phi) is 7.96. The van der Waals surface area contributed by atoms with E-state index in [1.807, 2.05) is 36.9 Å². The molecule has 0 bridgehead atoms. The monoisotopic (exact) mass is 610 g/mol. The van der Waals surface area contributed by atoms with Gasteiger partial charge in [0.25, 0.3) is 11.8 Å². The van der Waals surface area contributed by atoms with E-state index in [4.69, 9.17) is 5.73 Å². The standard InChI is InChI=1S/C33H35FN8O3/c1-4-27(43)41-16-14-40(15-17-41)22-8-11-25-21(18-22)12-13-42-32(37-25)28(31(35)44)30(39-42)24-10-9-23(20(3)29(24)34)33(45)38-26-7-5-6-19(2)36-26/h5-11,18,37H,4,12-17H2,1-3H3,(H2,35,44)(H,36,38,45). The first-order chi connectivity index (χ1) is 21.6. The van der Waals surface area contributed by atoms with Crippen LogP contribution in [0.4, 0.5) is 27.4 Å². The van der Waals surface area contributed by atoms with Crippen molar-refractivity contribution in [3.8, 4) is 11.3 Å². The molecule has 0 atom stereocenters. The fourth-order valence-corrected chi connectivity index (χ4v) is 5.98. The largest absolute Gasteiger partial charge is 0.368 e. The van der Waals surface area contributed by atoms with Gasteiger partial charge in [-0.15, -0.1) is 0 Å². The lowest BCUT2D eigenvalue weighted by Gasteiger charge is -2.36. The van der Waals surface area contributed by atoms with Crippen molar-refractivity contribution in [2.45, 2.75) is 40.2 Å². The number of pyridine rings is 1. The van der Waals surface area contributed by atoms with Gasteiger partial charge in [-0.2, -0.15) is 5.10 Å². The Hall–Kier alpha value is -5.26. The van der Waals surface area contributed by atoms with E-state index < -0.39 is 17.6 Å². The number of halogens is 1. The number of aromatic nitrogens is 3. The Morgan fingerprint density at radius 3 is 2.51 bits per heavy atom. The predicted molar refractivity (Wildman–Crippen MR) is 170 cm³/mol. The normalized spacial score (nSPS) is 14.2. The van der Waals surface area contributed by atoms with Crippen LogP contribution >= 0.6 is 0 Å². The van der Waals surface area contributed by atoms with Crippen molar-refractivity contribution in [2.24, 2.45) is 5.73 Å². The highest BCUT2D eigenvalue weighted by molar-refractivity contribution is 6.07. The molecular weight excluding hydrogens is 575 g/mol. The van der Waals surface area contributed by atoms with Gasteiger partial charge < -0.3 is 26.2 Å². The molecule has 11 nitrogen and oxygen atoms in total. The lowest BCUT2D eigenvalue weighted by Crippen LogP contribution is -2.48. The molecule has 2 aliphatic heterocycles. The summed E-state index contributed by atoms with van der Waals surface area (Å²) in [5.74, 6) is -0.987. The predicted octanol–water partition coefficient (Wildman–Crippen LogP) is 4.41. The van der Waals surface area contributed by atoms with Crippen LogP contribution in [-0.2, 0) is 17.8 Å². The number of hydrogen-bond acceptors (Lipinski definition) is 7. The highest BCUT2D eigenvalue weighted by atomic mass is 19.1. The Morgan fingerprint density at radius 1 is 1.02 bits per heavy atom. The van der Waals surface area contributed by atoms with Gasteiger partial charge >= 0.3 is 0 Å². The molecule has 0 saturated carbocycles. The van der Waals surface area contributed by atoms with E-state index in [2.05, 4.69) is 31.7 Å². The first-order valence-corrected chi connectivity index (χ1v) is 15.0. The SMILES string of the molecule is CCC(=O)N1CCN(c2ccc3c(c2)CCn2nc(-c4ccc(C(=O)Nc5cccc(C)n5)c(C)c4F)c(C(N)=O)c2N3)CC1. The fourth-order valence-electron chi connectivity index (χ4n) is 5.98. The van der Waals surface area contributed by atoms with Crippen molar-refractivity contribution in [3.63, 3.8) is 0 Å². The van der Waals surface area contributed by atoms with E-state index in [0.29, 0.717) is 44.1 Å².